The molecule has 0 radical (unpaired) electrons. The molecule has 2 aromatic rings. The molecule has 1 heteroatoms. The Bertz CT molecular complexity index is 497. The van der Waals surface area contributed by atoms with Crippen molar-refractivity contribution >= 4 is 0 Å². The van der Waals surface area contributed by atoms with Crippen LogP contribution in [0.3, 0.4) is 0 Å². The first-order valence-electron chi connectivity index (χ1n) is 6.05. The predicted molar refractivity (Wildman–Crippen MR) is 71.5 cm³/mol. The zero-order chi connectivity index (χ0) is 12.3. The molecule has 0 heterocycles. The molecule has 0 fully saturated rings. The minimum absolute atomic E-state index is 0.382. The van der Waals surface area contributed by atoms with E-state index < -0.39 is 0 Å². The third-order valence-electron chi connectivity index (χ3n) is 3.11. The molecule has 0 aliphatic heterocycles. The highest BCUT2D eigenvalue weighted by molar-refractivity contribution is 5.38. The summed E-state index contributed by atoms with van der Waals surface area (Å²) in [5.41, 5.74) is 4.72. The number of aromatic hydroxyl groups is 1. The maximum absolute atomic E-state index is 9.66. The molecule has 1 N–H and O–H groups in total. The van der Waals surface area contributed by atoms with Gasteiger partial charge in [0.05, 0.1) is 0 Å². The van der Waals surface area contributed by atoms with Gasteiger partial charge in [0.1, 0.15) is 5.75 Å². The van der Waals surface area contributed by atoms with Gasteiger partial charge in [0.25, 0.3) is 0 Å². The van der Waals surface area contributed by atoms with Crippen LogP contribution in [0.5, 0.6) is 5.75 Å². The van der Waals surface area contributed by atoms with Crippen LogP contribution in [-0.2, 0) is 12.8 Å². The summed E-state index contributed by atoms with van der Waals surface area (Å²) < 4.78 is 0. The summed E-state index contributed by atoms with van der Waals surface area (Å²) in [5.74, 6) is 0.382. The smallest absolute Gasteiger partial charge is 0.118 e. The number of benzene rings is 2. The SMILES string of the molecule is CCc1ccc(Cc2ccc(C)c(O)c2)cc1. The minimum atomic E-state index is 0.382. The van der Waals surface area contributed by atoms with Crippen LogP contribution in [0.25, 0.3) is 0 Å². The average molecular weight is 226 g/mol. The van der Waals surface area contributed by atoms with Crippen LogP contribution in [0.4, 0.5) is 0 Å². The molecular weight excluding hydrogens is 208 g/mol. The van der Waals surface area contributed by atoms with Crippen molar-refractivity contribution in [1.82, 2.24) is 0 Å². The van der Waals surface area contributed by atoms with Gasteiger partial charge in [-0.25, -0.2) is 0 Å². The standard InChI is InChI=1S/C16H18O/c1-3-13-6-8-14(9-7-13)10-15-5-4-12(2)16(17)11-15/h4-9,11,17H,3,10H2,1-2H3. The molecule has 0 aliphatic rings. The van der Waals surface area contributed by atoms with Crippen LogP contribution >= 0.6 is 0 Å². The van der Waals surface area contributed by atoms with Crippen molar-refractivity contribution in [2.75, 3.05) is 0 Å². The summed E-state index contributed by atoms with van der Waals surface area (Å²) in [6, 6.07) is 14.6. The maximum atomic E-state index is 9.66. The number of aryl methyl sites for hydroxylation is 2. The van der Waals surface area contributed by atoms with Gasteiger partial charge in [-0.3, -0.25) is 0 Å². The predicted octanol–water partition coefficient (Wildman–Crippen LogP) is 3.85. The van der Waals surface area contributed by atoms with E-state index in [0.717, 1.165) is 24.0 Å². The van der Waals surface area contributed by atoms with Crippen molar-refractivity contribution in [3.05, 3.63) is 64.7 Å². The topological polar surface area (TPSA) is 20.2 Å². The molecule has 0 spiro atoms. The summed E-state index contributed by atoms with van der Waals surface area (Å²) in [5, 5.41) is 9.66. The van der Waals surface area contributed by atoms with Crippen LogP contribution in [0.2, 0.25) is 0 Å². The number of rotatable bonds is 3. The summed E-state index contributed by atoms with van der Waals surface area (Å²) in [6.45, 7) is 4.07. The number of hydrogen-bond acceptors (Lipinski definition) is 1. The maximum Gasteiger partial charge on any atom is 0.118 e. The fraction of sp³-hybridized carbons (Fsp3) is 0.250. The molecule has 0 aromatic heterocycles. The molecule has 2 aromatic carbocycles. The van der Waals surface area contributed by atoms with Crippen LogP contribution in [0.1, 0.15) is 29.2 Å². The number of phenols is 1. The Morgan fingerprint density at radius 2 is 1.47 bits per heavy atom. The first-order valence-corrected chi connectivity index (χ1v) is 6.05. The van der Waals surface area contributed by atoms with Gasteiger partial charge < -0.3 is 5.11 Å². The summed E-state index contributed by atoms with van der Waals surface area (Å²) >= 11 is 0. The van der Waals surface area contributed by atoms with Crippen molar-refractivity contribution in [3.63, 3.8) is 0 Å². The monoisotopic (exact) mass is 226 g/mol. The summed E-state index contributed by atoms with van der Waals surface area (Å²) in [6.07, 6.45) is 1.95. The van der Waals surface area contributed by atoms with E-state index in [1.807, 2.05) is 19.1 Å². The van der Waals surface area contributed by atoms with Gasteiger partial charge in [-0.15, -0.1) is 0 Å². The highest BCUT2D eigenvalue weighted by atomic mass is 16.3. The molecule has 0 unspecified atom stereocenters. The van der Waals surface area contributed by atoms with E-state index in [2.05, 4.69) is 37.3 Å². The lowest BCUT2D eigenvalue weighted by atomic mass is 10.0. The van der Waals surface area contributed by atoms with E-state index in [4.69, 9.17) is 0 Å². The second kappa shape index (κ2) is 5.05. The van der Waals surface area contributed by atoms with E-state index >= 15 is 0 Å². The number of phenolic OH excluding ortho intramolecular Hbond substituents is 1. The highest BCUT2D eigenvalue weighted by Crippen LogP contribution is 2.19. The lowest BCUT2D eigenvalue weighted by Gasteiger charge is -2.05. The Hall–Kier alpha value is -1.76. The quantitative estimate of drug-likeness (QED) is 0.842. The molecular formula is C16H18O. The van der Waals surface area contributed by atoms with E-state index in [9.17, 15) is 5.11 Å². The normalized spacial score (nSPS) is 10.5. The van der Waals surface area contributed by atoms with Gasteiger partial charge in [-0.1, -0.05) is 43.3 Å². The Balaban J connectivity index is 2.16. The first-order chi connectivity index (χ1) is 8.19. The van der Waals surface area contributed by atoms with Crippen molar-refractivity contribution < 1.29 is 5.11 Å². The zero-order valence-electron chi connectivity index (χ0n) is 10.4. The zero-order valence-corrected chi connectivity index (χ0v) is 10.4. The Morgan fingerprint density at radius 3 is 2.06 bits per heavy atom. The molecule has 0 aliphatic carbocycles. The average Bonchev–Trinajstić information content (AvgIpc) is 2.35. The number of hydrogen-bond donors (Lipinski definition) is 1. The van der Waals surface area contributed by atoms with E-state index in [0.29, 0.717) is 5.75 Å². The van der Waals surface area contributed by atoms with Crippen molar-refractivity contribution in [2.24, 2.45) is 0 Å². The third-order valence-corrected chi connectivity index (χ3v) is 3.11. The van der Waals surface area contributed by atoms with Gasteiger partial charge in [0.15, 0.2) is 0 Å². The summed E-state index contributed by atoms with van der Waals surface area (Å²) in [7, 11) is 0. The Kier molecular flexibility index (Phi) is 3.48. The Morgan fingerprint density at radius 1 is 0.882 bits per heavy atom. The molecule has 88 valence electrons. The second-order valence-electron chi connectivity index (χ2n) is 4.47. The fourth-order valence-electron chi connectivity index (χ4n) is 1.89. The molecule has 17 heavy (non-hydrogen) atoms. The molecule has 0 bridgehead atoms. The molecule has 2 rings (SSSR count). The fourth-order valence-corrected chi connectivity index (χ4v) is 1.89. The van der Waals surface area contributed by atoms with E-state index in [1.54, 1.807) is 0 Å². The van der Waals surface area contributed by atoms with Gasteiger partial charge >= 0.3 is 0 Å². The highest BCUT2D eigenvalue weighted by Gasteiger charge is 2.00. The Labute approximate surface area is 103 Å². The van der Waals surface area contributed by atoms with E-state index in [-0.39, 0.29) is 0 Å². The largest absolute Gasteiger partial charge is 0.508 e. The summed E-state index contributed by atoms with van der Waals surface area (Å²) in [4.78, 5) is 0. The van der Waals surface area contributed by atoms with Crippen molar-refractivity contribution in [1.29, 1.82) is 0 Å². The third kappa shape index (κ3) is 2.88. The minimum Gasteiger partial charge on any atom is -0.508 e. The van der Waals surface area contributed by atoms with Gasteiger partial charge in [-0.05, 0) is 48.1 Å². The lowest BCUT2D eigenvalue weighted by molar-refractivity contribution is 0.470. The van der Waals surface area contributed by atoms with Gasteiger partial charge in [0, 0.05) is 0 Å². The van der Waals surface area contributed by atoms with Crippen LogP contribution in [0.15, 0.2) is 42.5 Å². The molecule has 0 amide bonds. The molecule has 0 saturated heterocycles. The van der Waals surface area contributed by atoms with Gasteiger partial charge in [-0.2, -0.15) is 0 Å². The van der Waals surface area contributed by atoms with Crippen LogP contribution in [-0.4, -0.2) is 5.11 Å². The molecule has 0 saturated carbocycles. The molecule has 1 nitrogen and oxygen atoms in total. The first kappa shape index (κ1) is 11.7. The van der Waals surface area contributed by atoms with Crippen molar-refractivity contribution in [3.8, 4) is 5.75 Å². The second-order valence-corrected chi connectivity index (χ2v) is 4.47. The van der Waals surface area contributed by atoms with Crippen LogP contribution < -0.4 is 0 Å². The lowest BCUT2D eigenvalue weighted by Crippen LogP contribution is -1.89. The van der Waals surface area contributed by atoms with E-state index in [1.165, 1.54) is 11.1 Å². The van der Waals surface area contributed by atoms with Gasteiger partial charge in [0.2, 0.25) is 0 Å². The van der Waals surface area contributed by atoms with Crippen LogP contribution in [0, 0.1) is 6.92 Å². The molecule has 0 atom stereocenters. The van der Waals surface area contributed by atoms with Crippen molar-refractivity contribution in [2.45, 2.75) is 26.7 Å².